The van der Waals surface area contributed by atoms with Crippen LogP contribution >= 0.6 is 0 Å². The van der Waals surface area contributed by atoms with Crippen LogP contribution in [0.1, 0.15) is 99.3 Å². The number of rotatable bonds is 15. The third-order valence-electron chi connectivity index (χ3n) is 7.27. The molecule has 0 aromatic rings. The van der Waals surface area contributed by atoms with Crippen molar-refractivity contribution in [3.63, 3.8) is 0 Å². The van der Waals surface area contributed by atoms with Crippen molar-refractivity contribution >= 4 is 0 Å². The van der Waals surface area contributed by atoms with E-state index in [0.717, 1.165) is 50.2 Å². The summed E-state index contributed by atoms with van der Waals surface area (Å²) < 4.78 is 6.36. The van der Waals surface area contributed by atoms with Crippen molar-refractivity contribution < 1.29 is 9.84 Å². The van der Waals surface area contributed by atoms with E-state index < -0.39 is 0 Å². The summed E-state index contributed by atoms with van der Waals surface area (Å²) in [6, 6.07) is 0. The quantitative estimate of drug-likeness (QED) is 0.195. The lowest BCUT2D eigenvalue weighted by atomic mass is 9.77. The van der Waals surface area contributed by atoms with Gasteiger partial charge in [0.15, 0.2) is 0 Å². The second-order valence-electron chi connectivity index (χ2n) is 10.2. The standard InChI is InChI=1S/C29H50O2/c1-9-28-20-19-23(4)26(7)29(28)31-25(6)18-12-16-22(3)14-10-13-21(2)15-11-17-24(5)27(8)30/h15,19-20,22-24,26,28-30H,6,8-14,16-18H2,1-5,7H3/p-1/b21-15+. The van der Waals surface area contributed by atoms with E-state index in [1.165, 1.54) is 24.8 Å². The summed E-state index contributed by atoms with van der Waals surface area (Å²) in [5.74, 6) is 3.48. The molecule has 0 aliphatic heterocycles. The summed E-state index contributed by atoms with van der Waals surface area (Å²) in [6.07, 6.45) is 17.4. The van der Waals surface area contributed by atoms with Crippen molar-refractivity contribution in [1.82, 2.24) is 0 Å². The molecule has 6 unspecified atom stereocenters. The Kier molecular flexibility index (Phi) is 13.0. The fourth-order valence-corrected chi connectivity index (χ4v) is 4.47. The maximum atomic E-state index is 11.2. The molecule has 0 amide bonds. The molecule has 0 spiro atoms. The van der Waals surface area contributed by atoms with Gasteiger partial charge in [0, 0.05) is 12.3 Å². The van der Waals surface area contributed by atoms with Gasteiger partial charge in [-0.05, 0) is 69.1 Å². The van der Waals surface area contributed by atoms with Gasteiger partial charge in [-0.15, -0.1) is 12.3 Å². The molecule has 0 N–H and O–H groups in total. The van der Waals surface area contributed by atoms with Crippen LogP contribution < -0.4 is 5.11 Å². The largest absolute Gasteiger partial charge is 0.876 e. The lowest BCUT2D eigenvalue weighted by Gasteiger charge is -2.37. The monoisotopic (exact) mass is 429 g/mol. The third-order valence-corrected chi connectivity index (χ3v) is 7.27. The third kappa shape index (κ3) is 10.6. The zero-order valence-corrected chi connectivity index (χ0v) is 21.3. The molecule has 1 aliphatic rings. The number of ether oxygens (including phenoxy) is 1. The Bertz CT molecular complexity index is 600. The van der Waals surface area contributed by atoms with Crippen LogP contribution in [0.15, 0.2) is 48.5 Å². The zero-order chi connectivity index (χ0) is 23.4. The van der Waals surface area contributed by atoms with E-state index >= 15 is 0 Å². The molecule has 0 radical (unpaired) electrons. The van der Waals surface area contributed by atoms with Crippen LogP contribution in [-0.4, -0.2) is 6.10 Å². The minimum absolute atomic E-state index is 0.0535. The first-order chi connectivity index (χ1) is 14.6. The number of hydrogen-bond donors (Lipinski definition) is 0. The molecule has 0 saturated heterocycles. The summed E-state index contributed by atoms with van der Waals surface area (Å²) in [7, 11) is 0. The molecule has 0 bridgehead atoms. The number of allylic oxidation sites excluding steroid dienone is 5. The fourth-order valence-electron chi connectivity index (χ4n) is 4.47. The summed E-state index contributed by atoms with van der Waals surface area (Å²) in [5, 5.41) is 11.2. The normalized spacial score (nSPS) is 25.8. The highest BCUT2D eigenvalue weighted by atomic mass is 16.5. The SMILES string of the molecule is C=C(CCCC(C)CCC/C(C)=C/CCC(C)C(=C)[O-])OC1C(CC)C=CC(C)C1C. The smallest absolute Gasteiger partial charge is 0.107 e. The van der Waals surface area contributed by atoms with E-state index in [1.54, 1.807) is 0 Å². The first-order valence-corrected chi connectivity index (χ1v) is 12.7. The predicted octanol–water partition coefficient (Wildman–Crippen LogP) is 7.97. The molecule has 0 saturated carbocycles. The molecular formula is C29H49O2-. The van der Waals surface area contributed by atoms with E-state index in [9.17, 15) is 5.11 Å². The summed E-state index contributed by atoms with van der Waals surface area (Å²) in [4.78, 5) is 0. The van der Waals surface area contributed by atoms with E-state index in [0.29, 0.717) is 17.8 Å². The van der Waals surface area contributed by atoms with E-state index in [-0.39, 0.29) is 17.8 Å². The maximum absolute atomic E-state index is 11.2. The van der Waals surface area contributed by atoms with Crippen LogP contribution in [0.4, 0.5) is 0 Å². The highest BCUT2D eigenvalue weighted by Crippen LogP contribution is 2.34. The van der Waals surface area contributed by atoms with Crippen molar-refractivity contribution in [3.8, 4) is 0 Å². The number of hydrogen-bond acceptors (Lipinski definition) is 2. The van der Waals surface area contributed by atoms with Crippen molar-refractivity contribution in [2.45, 2.75) is 105 Å². The van der Waals surface area contributed by atoms with Crippen LogP contribution in [0, 0.1) is 29.6 Å². The Morgan fingerprint density at radius 1 is 1.06 bits per heavy atom. The molecule has 0 heterocycles. The van der Waals surface area contributed by atoms with Gasteiger partial charge in [-0.3, -0.25) is 0 Å². The van der Waals surface area contributed by atoms with Gasteiger partial charge in [-0.1, -0.05) is 77.8 Å². The minimum atomic E-state index is 0.0535. The van der Waals surface area contributed by atoms with Gasteiger partial charge in [0.2, 0.25) is 0 Å². The molecule has 31 heavy (non-hydrogen) atoms. The first kappa shape index (κ1) is 27.6. The van der Waals surface area contributed by atoms with Crippen molar-refractivity contribution in [3.05, 3.63) is 48.5 Å². The highest BCUT2D eigenvalue weighted by Gasteiger charge is 2.32. The van der Waals surface area contributed by atoms with Crippen LogP contribution in [0.25, 0.3) is 0 Å². The summed E-state index contributed by atoms with van der Waals surface area (Å²) in [6.45, 7) is 21.1. The minimum Gasteiger partial charge on any atom is -0.876 e. The summed E-state index contributed by atoms with van der Waals surface area (Å²) >= 11 is 0. The van der Waals surface area contributed by atoms with Crippen LogP contribution in [0.5, 0.6) is 0 Å². The average molecular weight is 430 g/mol. The van der Waals surface area contributed by atoms with Gasteiger partial charge < -0.3 is 9.84 Å². The molecule has 1 rings (SSSR count). The molecule has 6 atom stereocenters. The van der Waals surface area contributed by atoms with Gasteiger partial charge in [0.05, 0.1) is 5.76 Å². The Morgan fingerprint density at radius 3 is 2.32 bits per heavy atom. The van der Waals surface area contributed by atoms with E-state index in [2.05, 4.69) is 66.0 Å². The second-order valence-corrected chi connectivity index (χ2v) is 10.2. The van der Waals surface area contributed by atoms with Crippen LogP contribution in [0.3, 0.4) is 0 Å². The van der Waals surface area contributed by atoms with Gasteiger partial charge in [0.1, 0.15) is 6.10 Å². The van der Waals surface area contributed by atoms with Gasteiger partial charge in [0.25, 0.3) is 0 Å². The van der Waals surface area contributed by atoms with E-state index in [4.69, 9.17) is 4.74 Å². The Labute approximate surface area is 193 Å². The second kappa shape index (κ2) is 14.6. The molecule has 178 valence electrons. The molecule has 2 heteroatoms. The topological polar surface area (TPSA) is 32.3 Å². The van der Waals surface area contributed by atoms with Crippen molar-refractivity contribution in [2.24, 2.45) is 29.6 Å². The molecule has 0 aromatic carbocycles. The van der Waals surface area contributed by atoms with Crippen molar-refractivity contribution in [2.75, 3.05) is 0 Å². The first-order valence-electron chi connectivity index (χ1n) is 12.7. The molecule has 2 nitrogen and oxygen atoms in total. The molecule has 0 aromatic heterocycles. The lowest BCUT2D eigenvalue weighted by Crippen LogP contribution is -2.35. The highest BCUT2D eigenvalue weighted by molar-refractivity contribution is 5.05. The molecular weight excluding hydrogens is 380 g/mol. The Balaban J connectivity index is 2.22. The summed E-state index contributed by atoms with van der Waals surface area (Å²) in [5.41, 5.74) is 1.45. The Hall–Kier alpha value is -1.44. The van der Waals surface area contributed by atoms with Crippen LogP contribution in [0.2, 0.25) is 0 Å². The molecule has 1 aliphatic carbocycles. The van der Waals surface area contributed by atoms with Gasteiger partial charge in [-0.2, -0.15) is 0 Å². The van der Waals surface area contributed by atoms with Gasteiger partial charge >= 0.3 is 0 Å². The zero-order valence-electron chi connectivity index (χ0n) is 21.3. The van der Waals surface area contributed by atoms with E-state index in [1.807, 2.05) is 6.92 Å². The average Bonchev–Trinajstić information content (AvgIpc) is 2.71. The maximum Gasteiger partial charge on any atom is 0.107 e. The van der Waals surface area contributed by atoms with Gasteiger partial charge in [-0.25, -0.2) is 0 Å². The van der Waals surface area contributed by atoms with Crippen LogP contribution in [-0.2, 0) is 4.74 Å². The Morgan fingerprint density at radius 2 is 1.71 bits per heavy atom. The van der Waals surface area contributed by atoms with Crippen molar-refractivity contribution in [1.29, 1.82) is 0 Å². The molecule has 0 fully saturated rings. The predicted molar refractivity (Wildman–Crippen MR) is 133 cm³/mol. The fraction of sp³-hybridized carbons (Fsp3) is 0.724. The lowest BCUT2D eigenvalue weighted by molar-refractivity contribution is -0.313.